The molecule has 226 valence electrons. The number of nitrogens with one attached hydrogen (secondary N) is 1. The molecule has 0 aromatic carbocycles. The van der Waals surface area contributed by atoms with Crippen LogP contribution in [0.5, 0.6) is 0 Å². The molecule has 1 heterocycles. The van der Waals surface area contributed by atoms with Crippen LogP contribution in [0.2, 0.25) is 0 Å². The second-order valence-corrected chi connectivity index (χ2v) is 13.3. The number of aliphatic hydroxyl groups is 2. The molecule has 0 aromatic heterocycles. The minimum atomic E-state index is -1.74. The van der Waals surface area contributed by atoms with Gasteiger partial charge in [0.2, 0.25) is 0 Å². The summed E-state index contributed by atoms with van der Waals surface area (Å²) in [5, 5.41) is 29.5. The first kappa shape index (κ1) is 28.8. The number of fused-ring (bicyclic) bond motifs is 2. The zero-order chi connectivity index (χ0) is 29.0. The summed E-state index contributed by atoms with van der Waals surface area (Å²) in [7, 11) is 6.55. The van der Waals surface area contributed by atoms with Crippen LogP contribution in [0.4, 0.5) is 0 Å². The molecule has 0 aromatic rings. The van der Waals surface area contributed by atoms with Gasteiger partial charge < -0.3 is 44.0 Å². The summed E-state index contributed by atoms with van der Waals surface area (Å²) in [5.74, 6) is -2.72. The van der Waals surface area contributed by atoms with Crippen molar-refractivity contribution >= 4 is 11.9 Å². The second kappa shape index (κ2) is 9.33. The topological polar surface area (TPSA) is 142 Å². The average molecular weight is 568 g/mol. The van der Waals surface area contributed by atoms with Crippen molar-refractivity contribution in [2.75, 3.05) is 41.6 Å². The van der Waals surface area contributed by atoms with E-state index in [1.165, 1.54) is 21.0 Å². The molecular formula is C29H45NO10. The molecule has 1 spiro atoms. The molecule has 3 N–H and O–H groups in total. The molecule has 11 heteroatoms. The van der Waals surface area contributed by atoms with E-state index in [1.54, 1.807) is 21.3 Å². The number of esters is 2. The molecule has 15 atom stereocenters. The minimum Gasteiger partial charge on any atom is -0.459 e. The van der Waals surface area contributed by atoms with Crippen molar-refractivity contribution in [2.24, 2.45) is 40.4 Å². The van der Waals surface area contributed by atoms with Gasteiger partial charge in [-0.15, -0.1) is 0 Å². The van der Waals surface area contributed by atoms with Gasteiger partial charge in [0.25, 0.3) is 0 Å². The molecule has 5 aliphatic carbocycles. The van der Waals surface area contributed by atoms with E-state index < -0.39 is 64.8 Å². The summed E-state index contributed by atoms with van der Waals surface area (Å²) in [6.45, 7) is 6.06. The second-order valence-electron chi connectivity index (χ2n) is 13.3. The van der Waals surface area contributed by atoms with Crippen molar-refractivity contribution in [3.05, 3.63) is 0 Å². The van der Waals surface area contributed by atoms with E-state index in [4.69, 9.17) is 28.4 Å². The summed E-state index contributed by atoms with van der Waals surface area (Å²) in [6, 6.07) is -0.279. The van der Waals surface area contributed by atoms with Gasteiger partial charge in [-0.1, -0.05) is 6.92 Å². The van der Waals surface area contributed by atoms with Crippen LogP contribution in [0.3, 0.4) is 0 Å². The molecular weight excluding hydrogens is 522 g/mol. The lowest BCUT2D eigenvalue weighted by atomic mass is 9.43. The minimum absolute atomic E-state index is 0.109. The summed E-state index contributed by atoms with van der Waals surface area (Å²) >= 11 is 0. The van der Waals surface area contributed by atoms with E-state index in [2.05, 4.69) is 12.2 Å². The van der Waals surface area contributed by atoms with E-state index in [1.807, 2.05) is 0 Å². The third-order valence-corrected chi connectivity index (χ3v) is 12.3. The first-order valence-corrected chi connectivity index (χ1v) is 14.5. The van der Waals surface area contributed by atoms with Crippen molar-refractivity contribution in [2.45, 2.75) is 87.8 Å². The molecule has 7 bridgehead atoms. The molecule has 6 rings (SSSR count). The van der Waals surface area contributed by atoms with Crippen molar-refractivity contribution in [1.82, 2.24) is 5.32 Å². The largest absolute Gasteiger partial charge is 0.459 e. The van der Waals surface area contributed by atoms with Gasteiger partial charge in [-0.25, -0.2) is 0 Å². The standard InChI is InChI=1S/C29H45NO10/c1-13-10-17(36-5)28-16-11-27(33)23(39-14(2)31)18(16)29(34,25(24(27)38-7)40-15(3)32)19-20(37-6)21(28)26(13,12-35-4)8-9-30-22(19)28/h13,16-25,30,33-34H,8-12H2,1-7H3/t13-,16-,17+,18-,19?,20+,21-,22-,23-,24?,25+,26+,27-,28+,29-/m1/s1. The predicted molar refractivity (Wildman–Crippen MR) is 139 cm³/mol. The van der Waals surface area contributed by atoms with Crippen LogP contribution in [0.25, 0.3) is 0 Å². The van der Waals surface area contributed by atoms with Gasteiger partial charge in [0, 0.05) is 76.9 Å². The zero-order valence-electron chi connectivity index (χ0n) is 24.5. The number of hydrogen-bond donors (Lipinski definition) is 3. The number of hydrogen-bond acceptors (Lipinski definition) is 11. The highest BCUT2D eigenvalue weighted by Crippen LogP contribution is 2.79. The van der Waals surface area contributed by atoms with Crippen LogP contribution in [0.1, 0.15) is 40.0 Å². The molecule has 0 radical (unpaired) electrons. The molecule has 0 amide bonds. The maximum absolute atomic E-state index is 13.2. The Morgan fingerprint density at radius 3 is 2.17 bits per heavy atom. The van der Waals surface area contributed by atoms with E-state index in [-0.39, 0.29) is 41.7 Å². The van der Waals surface area contributed by atoms with Crippen molar-refractivity contribution in [3.8, 4) is 0 Å². The third-order valence-electron chi connectivity index (χ3n) is 12.3. The molecule has 2 unspecified atom stereocenters. The van der Waals surface area contributed by atoms with Gasteiger partial charge in [-0.3, -0.25) is 9.59 Å². The Bertz CT molecular complexity index is 1060. The molecule has 5 saturated carbocycles. The molecule has 40 heavy (non-hydrogen) atoms. The molecule has 11 nitrogen and oxygen atoms in total. The Kier molecular flexibility index (Phi) is 6.71. The number of carbonyl (C=O) groups excluding carboxylic acids is 2. The highest BCUT2D eigenvalue weighted by Gasteiger charge is 2.90. The lowest BCUT2D eigenvalue weighted by Crippen LogP contribution is -2.79. The smallest absolute Gasteiger partial charge is 0.303 e. The lowest BCUT2D eigenvalue weighted by Gasteiger charge is -2.64. The summed E-state index contributed by atoms with van der Waals surface area (Å²) in [4.78, 5) is 25.0. The van der Waals surface area contributed by atoms with Gasteiger partial charge in [-0.05, 0) is 37.6 Å². The summed E-state index contributed by atoms with van der Waals surface area (Å²) in [5.41, 5.74) is -4.33. The normalized spacial score (nSPS) is 55.5. The lowest BCUT2D eigenvalue weighted by molar-refractivity contribution is -0.307. The third kappa shape index (κ3) is 3.10. The Morgan fingerprint density at radius 1 is 0.925 bits per heavy atom. The average Bonchev–Trinajstić information content (AvgIpc) is 3.25. The van der Waals surface area contributed by atoms with E-state index in [0.29, 0.717) is 13.2 Å². The summed E-state index contributed by atoms with van der Waals surface area (Å²) in [6.07, 6.45) is -2.27. The van der Waals surface area contributed by atoms with Crippen LogP contribution >= 0.6 is 0 Å². The maximum Gasteiger partial charge on any atom is 0.303 e. The Labute approximate surface area is 235 Å². The quantitative estimate of drug-likeness (QED) is 0.366. The van der Waals surface area contributed by atoms with Crippen LogP contribution in [0, 0.1) is 40.4 Å². The van der Waals surface area contributed by atoms with E-state index in [9.17, 15) is 19.8 Å². The predicted octanol–water partition coefficient (Wildman–Crippen LogP) is 0.287. The fourth-order valence-corrected chi connectivity index (χ4v) is 11.6. The van der Waals surface area contributed by atoms with Gasteiger partial charge in [0.1, 0.15) is 23.4 Å². The van der Waals surface area contributed by atoms with Gasteiger partial charge in [0.05, 0.1) is 18.8 Å². The van der Waals surface area contributed by atoms with E-state index in [0.717, 1.165) is 12.8 Å². The van der Waals surface area contributed by atoms with Crippen LogP contribution in [-0.2, 0) is 38.0 Å². The molecule has 1 aliphatic heterocycles. The van der Waals surface area contributed by atoms with Crippen molar-refractivity contribution in [1.29, 1.82) is 0 Å². The number of rotatable bonds is 7. The van der Waals surface area contributed by atoms with Crippen LogP contribution < -0.4 is 5.32 Å². The number of methoxy groups -OCH3 is 4. The zero-order valence-corrected chi connectivity index (χ0v) is 24.5. The van der Waals surface area contributed by atoms with Gasteiger partial charge in [-0.2, -0.15) is 0 Å². The summed E-state index contributed by atoms with van der Waals surface area (Å²) < 4.78 is 36.4. The van der Waals surface area contributed by atoms with Gasteiger partial charge >= 0.3 is 11.9 Å². The number of carbonyl (C=O) groups is 2. The highest BCUT2D eigenvalue weighted by molar-refractivity contribution is 5.67. The maximum atomic E-state index is 13.2. The fourth-order valence-electron chi connectivity index (χ4n) is 11.6. The SMILES string of the molecule is COC[C@]12CCN[C@@H]3C4[C@H](OC)[C@H]1[C@@]3([C@@H](OC)C[C@H]2C)[C@@H]1C[C@]2(O)C(OC)[C@H](OC(C)=O)[C@@]4(O)[C@H]1[C@H]2OC(C)=O. The molecule has 1 saturated heterocycles. The Hall–Kier alpha value is -1.34. The first-order chi connectivity index (χ1) is 18.9. The number of ether oxygens (including phenoxy) is 6. The van der Waals surface area contributed by atoms with E-state index >= 15 is 0 Å². The first-order valence-electron chi connectivity index (χ1n) is 14.5. The Balaban J connectivity index is 1.68. The van der Waals surface area contributed by atoms with Crippen molar-refractivity contribution < 1.29 is 48.2 Å². The molecule has 6 aliphatic rings. The monoisotopic (exact) mass is 567 g/mol. The Morgan fingerprint density at radius 2 is 1.60 bits per heavy atom. The highest BCUT2D eigenvalue weighted by atomic mass is 16.6. The van der Waals surface area contributed by atoms with Gasteiger partial charge in [0.15, 0.2) is 6.10 Å². The van der Waals surface area contributed by atoms with Crippen molar-refractivity contribution in [3.63, 3.8) is 0 Å². The fraction of sp³-hybridized carbons (Fsp3) is 0.931. The van der Waals surface area contributed by atoms with Crippen LogP contribution in [-0.4, -0.2) is 112 Å². The van der Waals surface area contributed by atoms with Crippen LogP contribution in [0.15, 0.2) is 0 Å². The molecule has 6 fully saturated rings.